The summed E-state index contributed by atoms with van der Waals surface area (Å²) in [7, 11) is 0. The first-order chi connectivity index (χ1) is 12.2. The van der Waals surface area contributed by atoms with Crippen molar-refractivity contribution in [2.75, 3.05) is 18.5 Å². The molecule has 0 saturated heterocycles. The van der Waals surface area contributed by atoms with Crippen molar-refractivity contribution in [1.82, 2.24) is 5.32 Å². The molecule has 2 aromatic carbocycles. The highest BCUT2D eigenvalue weighted by molar-refractivity contribution is 6.31. The van der Waals surface area contributed by atoms with E-state index in [4.69, 9.17) is 11.6 Å². The summed E-state index contributed by atoms with van der Waals surface area (Å²) >= 11 is 6.14. The fourth-order valence-electron chi connectivity index (χ4n) is 2.42. The maximum Gasteiger partial charge on any atom is 0.251 e. The predicted molar refractivity (Wildman–Crippen MR) is 103 cm³/mol. The quantitative estimate of drug-likeness (QED) is 0.676. The van der Waals surface area contributed by atoms with E-state index in [0.717, 1.165) is 11.3 Å². The van der Waals surface area contributed by atoms with Gasteiger partial charge in [0.2, 0.25) is 0 Å². The van der Waals surface area contributed by atoms with Crippen LogP contribution in [0.25, 0.3) is 0 Å². The highest BCUT2D eigenvalue weighted by atomic mass is 35.5. The van der Waals surface area contributed by atoms with Gasteiger partial charge in [0, 0.05) is 22.8 Å². The molecule has 3 N–H and O–H groups in total. The third-order valence-corrected chi connectivity index (χ3v) is 4.28. The van der Waals surface area contributed by atoms with Crippen LogP contribution in [-0.2, 0) is 0 Å². The fraction of sp³-hybridized carbons (Fsp3) is 0.350. The summed E-state index contributed by atoms with van der Waals surface area (Å²) in [6, 6.07) is 11.4. The molecule has 1 amide bonds. The Balaban J connectivity index is 2.07. The van der Waals surface area contributed by atoms with Gasteiger partial charge in [-0.2, -0.15) is 0 Å². The van der Waals surface area contributed by atoms with Crippen molar-refractivity contribution in [1.29, 1.82) is 0 Å². The SMILES string of the molecule is C[C@@H](CNc1cc(Cl)cc(C(=O)NC(C)(C)CO)c1)c1ccc(F)cc1. The summed E-state index contributed by atoms with van der Waals surface area (Å²) in [5, 5.41) is 15.8. The third-order valence-electron chi connectivity index (χ3n) is 4.06. The lowest BCUT2D eigenvalue weighted by Crippen LogP contribution is -2.46. The van der Waals surface area contributed by atoms with Crippen molar-refractivity contribution in [2.45, 2.75) is 32.2 Å². The molecule has 0 heterocycles. The number of aliphatic hydroxyl groups is 1. The van der Waals surface area contributed by atoms with Gasteiger partial charge in [0.15, 0.2) is 0 Å². The molecule has 0 spiro atoms. The monoisotopic (exact) mass is 378 g/mol. The third kappa shape index (κ3) is 5.71. The predicted octanol–water partition coefficient (Wildman–Crippen LogP) is 4.20. The summed E-state index contributed by atoms with van der Waals surface area (Å²) < 4.78 is 13.0. The van der Waals surface area contributed by atoms with Gasteiger partial charge >= 0.3 is 0 Å². The van der Waals surface area contributed by atoms with E-state index in [2.05, 4.69) is 10.6 Å². The van der Waals surface area contributed by atoms with Crippen molar-refractivity contribution < 1.29 is 14.3 Å². The first-order valence-corrected chi connectivity index (χ1v) is 8.81. The van der Waals surface area contributed by atoms with Crippen LogP contribution in [-0.4, -0.2) is 29.7 Å². The van der Waals surface area contributed by atoms with E-state index >= 15 is 0 Å². The number of benzene rings is 2. The molecular formula is C20H24ClFN2O2. The minimum absolute atomic E-state index is 0.153. The molecule has 0 fully saturated rings. The Bertz CT molecular complexity index is 763. The second kappa shape index (κ2) is 8.52. The number of aliphatic hydroxyl groups excluding tert-OH is 1. The summed E-state index contributed by atoms with van der Waals surface area (Å²) in [6.45, 7) is 5.94. The Kier molecular flexibility index (Phi) is 6.62. The minimum atomic E-state index is -0.718. The second-order valence-electron chi connectivity index (χ2n) is 7.06. The average molecular weight is 379 g/mol. The van der Waals surface area contributed by atoms with E-state index in [-0.39, 0.29) is 24.2 Å². The number of carbonyl (C=O) groups is 1. The van der Waals surface area contributed by atoms with Gasteiger partial charge in [-0.15, -0.1) is 0 Å². The number of anilines is 1. The van der Waals surface area contributed by atoms with Gasteiger partial charge in [0.05, 0.1) is 12.1 Å². The highest BCUT2D eigenvalue weighted by Crippen LogP contribution is 2.22. The van der Waals surface area contributed by atoms with Gasteiger partial charge < -0.3 is 15.7 Å². The molecular weight excluding hydrogens is 355 g/mol. The molecule has 0 aliphatic rings. The molecule has 6 heteroatoms. The number of hydrogen-bond donors (Lipinski definition) is 3. The molecule has 0 saturated carbocycles. The molecule has 1 atom stereocenters. The number of rotatable bonds is 7. The van der Waals surface area contributed by atoms with Gasteiger partial charge in [0.1, 0.15) is 5.82 Å². The van der Waals surface area contributed by atoms with Crippen LogP contribution in [0.15, 0.2) is 42.5 Å². The van der Waals surface area contributed by atoms with E-state index in [1.165, 1.54) is 12.1 Å². The van der Waals surface area contributed by atoms with Crippen LogP contribution in [0.5, 0.6) is 0 Å². The number of nitrogens with one attached hydrogen (secondary N) is 2. The largest absolute Gasteiger partial charge is 0.394 e. The zero-order valence-electron chi connectivity index (χ0n) is 15.1. The number of hydrogen-bond acceptors (Lipinski definition) is 3. The van der Waals surface area contributed by atoms with Crippen LogP contribution in [0.4, 0.5) is 10.1 Å². The van der Waals surface area contributed by atoms with Crippen LogP contribution >= 0.6 is 11.6 Å². The van der Waals surface area contributed by atoms with E-state index in [9.17, 15) is 14.3 Å². The second-order valence-corrected chi connectivity index (χ2v) is 7.49. The summed E-state index contributed by atoms with van der Waals surface area (Å²) in [6.07, 6.45) is 0. The Hall–Kier alpha value is -2.11. The molecule has 0 unspecified atom stereocenters. The van der Waals surface area contributed by atoms with Crippen molar-refractivity contribution in [3.63, 3.8) is 0 Å². The molecule has 0 bridgehead atoms. The van der Waals surface area contributed by atoms with Crippen molar-refractivity contribution in [3.05, 3.63) is 64.4 Å². The molecule has 2 rings (SSSR count). The molecule has 4 nitrogen and oxygen atoms in total. The van der Waals surface area contributed by atoms with E-state index in [0.29, 0.717) is 17.1 Å². The lowest BCUT2D eigenvalue weighted by atomic mass is 10.0. The number of halogens is 2. The van der Waals surface area contributed by atoms with Gasteiger partial charge in [-0.25, -0.2) is 4.39 Å². The van der Waals surface area contributed by atoms with Gasteiger partial charge in [-0.1, -0.05) is 30.7 Å². The average Bonchev–Trinajstić information content (AvgIpc) is 2.59. The van der Waals surface area contributed by atoms with Crippen molar-refractivity contribution in [2.24, 2.45) is 0 Å². The first-order valence-electron chi connectivity index (χ1n) is 8.43. The Morgan fingerprint density at radius 1 is 1.23 bits per heavy atom. The molecule has 2 aromatic rings. The highest BCUT2D eigenvalue weighted by Gasteiger charge is 2.20. The molecule has 140 valence electrons. The van der Waals surface area contributed by atoms with Gasteiger partial charge in [-0.3, -0.25) is 4.79 Å². The summed E-state index contributed by atoms with van der Waals surface area (Å²) in [5.74, 6) is -0.411. The summed E-state index contributed by atoms with van der Waals surface area (Å²) in [4.78, 5) is 12.4. The Morgan fingerprint density at radius 2 is 1.88 bits per heavy atom. The normalized spacial score (nSPS) is 12.5. The van der Waals surface area contributed by atoms with Crippen LogP contribution < -0.4 is 10.6 Å². The summed E-state index contributed by atoms with van der Waals surface area (Å²) in [5.41, 5.74) is 1.43. The standard InChI is InChI=1S/C20H24ClFN2O2/c1-13(14-4-6-17(22)7-5-14)11-23-18-9-15(8-16(21)10-18)19(26)24-20(2,3)12-25/h4-10,13,23,25H,11-12H2,1-3H3,(H,24,26)/t13-/m0/s1. The molecule has 0 aliphatic heterocycles. The van der Waals surface area contributed by atoms with Crippen LogP contribution in [0, 0.1) is 5.82 Å². The zero-order chi connectivity index (χ0) is 19.3. The Labute approximate surface area is 158 Å². The number of amides is 1. The Morgan fingerprint density at radius 3 is 2.50 bits per heavy atom. The van der Waals surface area contributed by atoms with Crippen LogP contribution in [0.3, 0.4) is 0 Å². The maximum absolute atomic E-state index is 13.0. The zero-order valence-corrected chi connectivity index (χ0v) is 15.9. The van der Waals surface area contributed by atoms with Crippen molar-refractivity contribution >= 4 is 23.2 Å². The minimum Gasteiger partial charge on any atom is -0.394 e. The lowest BCUT2D eigenvalue weighted by Gasteiger charge is -2.23. The molecule has 0 aliphatic carbocycles. The van der Waals surface area contributed by atoms with Crippen LogP contribution in [0.2, 0.25) is 5.02 Å². The first kappa shape index (κ1) is 20.2. The number of carbonyl (C=O) groups excluding carboxylic acids is 1. The van der Waals surface area contributed by atoms with E-state index < -0.39 is 5.54 Å². The van der Waals surface area contributed by atoms with E-state index in [1.54, 1.807) is 44.2 Å². The smallest absolute Gasteiger partial charge is 0.251 e. The topological polar surface area (TPSA) is 61.4 Å². The van der Waals surface area contributed by atoms with Crippen molar-refractivity contribution in [3.8, 4) is 0 Å². The molecule has 0 aromatic heterocycles. The lowest BCUT2D eigenvalue weighted by molar-refractivity contribution is 0.0869. The maximum atomic E-state index is 13.0. The van der Waals surface area contributed by atoms with Gasteiger partial charge in [0.25, 0.3) is 5.91 Å². The molecule has 26 heavy (non-hydrogen) atoms. The molecule has 0 radical (unpaired) electrons. The van der Waals surface area contributed by atoms with E-state index in [1.807, 2.05) is 6.92 Å². The van der Waals surface area contributed by atoms with Gasteiger partial charge in [-0.05, 0) is 55.7 Å². The van der Waals surface area contributed by atoms with Crippen LogP contribution in [0.1, 0.15) is 42.6 Å². The fourth-order valence-corrected chi connectivity index (χ4v) is 2.66.